The standard InChI is InChI=1S/C10H12BrN5OS/c1-18(17)6-5-16-10(13-14-15-16)7-3-2-4-8(12)9(7)11/h2-4H,5-6,12H2,1H3. The molecule has 18 heavy (non-hydrogen) atoms. The molecule has 0 radical (unpaired) electrons. The van der Waals surface area contributed by atoms with Crippen LogP contribution in [0.2, 0.25) is 0 Å². The summed E-state index contributed by atoms with van der Waals surface area (Å²) in [5.74, 6) is 1.12. The lowest BCUT2D eigenvalue weighted by atomic mass is 10.2. The smallest absolute Gasteiger partial charge is 0.183 e. The number of aryl methyl sites for hydroxylation is 1. The summed E-state index contributed by atoms with van der Waals surface area (Å²) < 4.78 is 13.5. The zero-order chi connectivity index (χ0) is 13.1. The predicted octanol–water partition coefficient (Wildman–Crippen LogP) is 1.06. The van der Waals surface area contributed by atoms with Crippen LogP contribution >= 0.6 is 15.9 Å². The molecule has 96 valence electrons. The largest absolute Gasteiger partial charge is 0.398 e. The Balaban J connectivity index is 2.36. The average molecular weight is 330 g/mol. The van der Waals surface area contributed by atoms with Crippen molar-refractivity contribution in [2.75, 3.05) is 17.7 Å². The number of nitrogens with two attached hydrogens (primary N) is 1. The van der Waals surface area contributed by atoms with E-state index in [4.69, 9.17) is 5.73 Å². The lowest BCUT2D eigenvalue weighted by Crippen LogP contribution is -2.10. The molecule has 1 unspecified atom stereocenters. The van der Waals surface area contributed by atoms with Crippen molar-refractivity contribution in [2.24, 2.45) is 0 Å². The summed E-state index contributed by atoms with van der Waals surface area (Å²) in [6.07, 6.45) is 1.65. The van der Waals surface area contributed by atoms with Gasteiger partial charge in [0.25, 0.3) is 0 Å². The van der Waals surface area contributed by atoms with Gasteiger partial charge in [-0.15, -0.1) is 5.10 Å². The molecule has 0 spiro atoms. The van der Waals surface area contributed by atoms with Crippen LogP contribution in [-0.2, 0) is 17.3 Å². The number of nitrogen functional groups attached to an aromatic ring is 1. The van der Waals surface area contributed by atoms with E-state index in [1.807, 2.05) is 12.1 Å². The molecule has 0 aliphatic rings. The van der Waals surface area contributed by atoms with Crippen LogP contribution in [-0.4, -0.2) is 36.4 Å². The van der Waals surface area contributed by atoms with Gasteiger partial charge in [0.15, 0.2) is 5.82 Å². The molecule has 8 heteroatoms. The van der Waals surface area contributed by atoms with Gasteiger partial charge in [0.2, 0.25) is 0 Å². The minimum Gasteiger partial charge on any atom is -0.398 e. The third-order valence-electron chi connectivity index (χ3n) is 2.39. The molecule has 1 atom stereocenters. The number of nitrogens with zero attached hydrogens (tertiary/aromatic N) is 4. The number of hydrogen-bond donors (Lipinski definition) is 1. The maximum atomic E-state index is 11.1. The molecule has 6 nitrogen and oxygen atoms in total. The van der Waals surface area contributed by atoms with Gasteiger partial charge in [-0.2, -0.15) is 0 Å². The molecule has 0 saturated carbocycles. The van der Waals surface area contributed by atoms with Crippen LogP contribution in [0.25, 0.3) is 11.4 Å². The zero-order valence-corrected chi connectivity index (χ0v) is 12.1. The van der Waals surface area contributed by atoms with Gasteiger partial charge in [-0.3, -0.25) is 4.21 Å². The predicted molar refractivity (Wildman–Crippen MR) is 74.3 cm³/mol. The molecule has 0 bridgehead atoms. The van der Waals surface area contributed by atoms with E-state index in [1.54, 1.807) is 17.0 Å². The van der Waals surface area contributed by atoms with Crippen LogP contribution in [0.4, 0.5) is 5.69 Å². The number of aromatic nitrogens is 4. The van der Waals surface area contributed by atoms with Crippen molar-refractivity contribution in [1.82, 2.24) is 20.2 Å². The van der Waals surface area contributed by atoms with Gasteiger partial charge < -0.3 is 5.73 Å². The summed E-state index contributed by atoms with van der Waals surface area (Å²) in [6, 6.07) is 5.51. The van der Waals surface area contributed by atoms with Crippen molar-refractivity contribution < 1.29 is 4.21 Å². The Morgan fingerprint density at radius 1 is 1.50 bits per heavy atom. The van der Waals surface area contributed by atoms with Gasteiger partial charge in [0, 0.05) is 34.1 Å². The second-order valence-corrected chi connectivity index (χ2v) is 6.06. The number of hydrogen-bond acceptors (Lipinski definition) is 5. The first-order valence-electron chi connectivity index (χ1n) is 5.20. The van der Waals surface area contributed by atoms with Gasteiger partial charge >= 0.3 is 0 Å². The minimum absolute atomic E-state index is 0.507. The highest BCUT2D eigenvalue weighted by Crippen LogP contribution is 2.30. The molecule has 0 aliphatic carbocycles. The van der Waals surface area contributed by atoms with Crippen molar-refractivity contribution >= 4 is 32.4 Å². The molecular weight excluding hydrogens is 318 g/mol. The third-order valence-corrected chi connectivity index (χ3v) is 4.03. The average Bonchev–Trinajstić information content (AvgIpc) is 2.78. The first-order chi connectivity index (χ1) is 8.59. The Morgan fingerprint density at radius 3 is 3.00 bits per heavy atom. The highest BCUT2D eigenvalue weighted by atomic mass is 79.9. The summed E-state index contributed by atoms with van der Waals surface area (Å²) in [6.45, 7) is 0.507. The number of halogens is 1. The van der Waals surface area contributed by atoms with Crippen molar-refractivity contribution in [3.8, 4) is 11.4 Å². The summed E-state index contributed by atoms with van der Waals surface area (Å²) in [7, 11) is -0.877. The number of rotatable bonds is 4. The SMILES string of the molecule is CS(=O)CCn1nnnc1-c1cccc(N)c1Br. The normalized spacial score (nSPS) is 12.6. The number of benzene rings is 1. The van der Waals surface area contributed by atoms with Crippen LogP contribution in [0.5, 0.6) is 0 Å². The summed E-state index contributed by atoms with van der Waals surface area (Å²) in [4.78, 5) is 0. The van der Waals surface area contributed by atoms with Crippen LogP contribution in [0.1, 0.15) is 0 Å². The summed E-state index contributed by atoms with van der Waals surface area (Å²) in [5, 5.41) is 11.5. The van der Waals surface area contributed by atoms with E-state index in [1.165, 1.54) is 0 Å². The molecule has 1 heterocycles. The first-order valence-corrected chi connectivity index (χ1v) is 7.72. The van der Waals surface area contributed by atoms with E-state index < -0.39 is 10.8 Å². The van der Waals surface area contributed by atoms with E-state index in [9.17, 15) is 4.21 Å². The van der Waals surface area contributed by atoms with Gasteiger partial charge in [-0.05, 0) is 38.5 Å². The quantitative estimate of drug-likeness (QED) is 0.847. The zero-order valence-electron chi connectivity index (χ0n) is 9.71. The maximum Gasteiger partial charge on any atom is 0.183 e. The molecule has 2 aromatic rings. The number of tetrazole rings is 1. The van der Waals surface area contributed by atoms with Crippen molar-refractivity contribution in [3.63, 3.8) is 0 Å². The van der Waals surface area contributed by atoms with Crippen LogP contribution < -0.4 is 5.73 Å². The molecule has 1 aromatic carbocycles. The van der Waals surface area contributed by atoms with E-state index in [-0.39, 0.29) is 0 Å². The molecule has 0 aliphatic heterocycles. The van der Waals surface area contributed by atoms with Crippen LogP contribution in [0.3, 0.4) is 0 Å². The summed E-state index contributed by atoms with van der Waals surface area (Å²) >= 11 is 3.42. The highest BCUT2D eigenvalue weighted by molar-refractivity contribution is 9.10. The monoisotopic (exact) mass is 329 g/mol. The van der Waals surface area contributed by atoms with Crippen LogP contribution in [0.15, 0.2) is 22.7 Å². The second kappa shape index (κ2) is 5.57. The molecule has 0 amide bonds. The van der Waals surface area contributed by atoms with E-state index in [0.29, 0.717) is 23.8 Å². The molecule has 1 aromatic heterocycles. The molecule has 2 rings (SSSR count). The number of anilines is 1. The van der Waals surface area contributed by atoms with Crippen molar-refractivity contribution in [3.05, 3.63) is 22.7 Å². The molecule has 0 saturated heterocycles. The lowest BCUT2D eigenvalue weighted by Gasteiger charge is -2.07. The Bertz CT molecular complexity index is 585. The Labute approximate surface area is 115 Å². The van der Waals surface area contributed by atoms with Crippen molar-refractivity contribution in [2.45, 2.75) is 6.54 Å². The highest BCUT2D eigenvalue weighted by Gasteiger charge is 2.13. The topological polar surface area (TPSA) is 86.7 Å². The first kappa shape index (κ1) is 13.2. The Hall–Kier alpha value is -1.28. The van der Waals surface area contributed by atoms with Crippen molar-refractivity contribution in [1.29, 1.82) is 0 Å². The minimum atomic E-state index is -0.877. The lowest BCUT2D eigenvalue weighted by molar-refractivity contribution is 0.625. The third kappa shape index (κ3) is 2.75. The second-order valence-electron chi connectivity index (χ2n) is 3.71. The summed E-state index contributed by atoms with van der Waals surface area (Å²) in [5.41, 5.74) is 7.27. The van der Waals surface area contributed by atoms with Gasteiger partial charge in [-0.1, -0.05) is 6.07 Å². The Kier molecular flexibility index (Phi) is 4.07. The van der Waals surface area contributed by atoms with Gasteiger partial charge in [0.05, 0.1) is 11.0 Å². The van der Waals surface area contributed by atoms with E-state index >= 15 is 0 Å². The molecule has 0 fully saturated rings. The van der Waals surface area contributed by atoms with Crippen LogP contribution in [0, 0.1) is 0 Å². The fourth-order valence-electron chi connectivity index (χ4n) is 1.49. The van der Waals surface area contributed by atoms with Gasteiger partial charge in [0.1, 0.15) is 0 Å². The fourth-order valence-corrected chi connectivity index (χ4v) is 2.36. The fraction of sp³-hybridized carbons (Fsp3) is 0.300. The maximum absolute atomic E-state index is 11.1. The molecular formula is C10H12BrN5OS. The van der Waals surface area contributed by atoms with Gasteiger partial charge in [-0.25, -0.2) is 4.68 Å². The molecule has 2 N–H and O–H groups in total. The van der Waals surface area contributed by atoms with E-state index in [2.05, 4.69) is 31.5 Å². The van der Waals surface area contributed by atoms with E-state index in [0.717, 1.165) is 10.0 Å². The Morgan fingerprint density at radius 2 is 2.28 bits per heavy atom.